The first-order valence-electron chi connectivity index (χ1n) is 10.1. The second-order valence-electron chi connectivity index (χ2n) is 7.04. The van der Waals surface area contributed by atoms with E-state index < -0.39 is 0 Å². The average molecular weight is 363 g/mol. The summed E-state index contributed by atoms with van der Waals surface area (Å²) in [5.74, 6) is 0. The van der Waals surface area contributed by atoms with Crippen molar-refractivity contribution < 1.29 is 0 Å². The van der Waals surface area contributed by atoms with Crippen LogP contribution >= 0.6 is 0 Å². The SMILES string of the molecule is CCCCc1ccc(N(Cn2cncn2)c2ccc(CCCC)cc2)cc1. The Morgan fingerprint density at radius 2 is 1.30 bits per heavy atom. The van der Waals surface area contributed by atoms with E-state index in [-0.39, 0.29) is 0 Å². The van der Waals surface area contributed by atoms with Crippen molar-refractivity contribution in [1.82, 2.24) is 14.8 Å². The predicted molar refractivity (Wildman–Crippen MR) is 112 cm³/mol. The van der Waals surface area contributed by atoms with Gasteiger partial charge in [-0.2, -0.15) is 5.10 Å². The maximum Gasteiger partial charge on any atom is 0.137 e. The van der Waals surface area contributed by atoms with Crippen LogP contribution in [-0.4, -0.2) is 14.8 Å². The summed E-state index contributed by atoms with van der Waals surface area (Å²) >= 11 is 0. The maximum absolute atomic E-state index is 4.29. The summed E-state index contributed by atoms with van der Waals surface area (Å²) in [5, 5.41) is 4.29. The third kappa shape index (κ3) is 5.43. The van der Waals surface area contributed by atoms with Crippen molar-refractivity contribution in [2.75, 3.05) is 4.90 Å². The molecule has 0 aliphatic carbocycles. The molecule has 0 bridgehead atoms. The topological polar surface area (TPSA) is 34.0 Å². The summed E-state index contributed by atoms with van der Waals surface area (Å²) in [5.41, 5.74) is 5.14. The van der Waals surface area contributed by atoms with Gasteiger partial charge in [0.2, 0.25) is 0 Å². The van der Waals surface area contributed by atoms with Crippen molar-refractivity contribution in [3.05, 3.63) is 72.3 Å². The molecule has 27 heavy (non-hydrogen) atoms. The van der Waals surface area contributed by atoms with Crippen LogP contribution in [0, 0.1) is 0 Å². The van der Waals surface area contributed by atoms with Gasteiger partial charge >= 0.3 is 0 Å². The largest absolute Gasteiger partial charge is 0.321 e. The summed E-state index contributed by atoms with van der Waals surface area (Å²) in [7, 11) is 0. The third-order valence-electron chi connectivity index (χ3n) is 4.89. The average Bonchev–Trinajstić information content (AvgIpc) is 3.23. The van der Waals surface area contributed by atoms with Crippen LogP contribution in [0.15, 0.2) is 61.2 Å². The first kappa shape index (κ1) is 19.2. The minimum Gasteiger partial charge on any atom is -0.321 e. The van der Waals surface area contributed by atoms with Crippen molar-refractivity contribution in [3.63, 3.8) is 0 Å². The van der Waals surface area contributed by atoms with Gasteiger partial charge < -0.3 is 4.90 Å². The van der Waals surface area contributed by atoms with Crippen LogP contribution in [0.1, 0.15) is 50.7 Å². The molecule has 3 rings (SSSR count). The highest BCUT2D eigenvalue weighted by Gasteiger charge is 2.11. The Morgan fingerprint density at radius 3 is 1.70 bits per heavy atom. The predicted octanol–water partition coefficient (Wildman–Crippen LogP) is 5.76. The zero-order chi connectivity index (χ0) is 18.9. The van der Waals surface area contributed by atoms with Crippen LogP contribution in [0.3, 0.4) is 0 Å². The fourth-order valence-corrected chi connectivity index (χ4v) is 3.21. The standard InChI is InChI=1S/C23H30N4/c1-3-5-7-20-9-13-22(14-10-20)27(19-26-18-24-17-25-26)23-15-11-21(12-16-23)8-6-4-2/h9-18H,3-8,19H2,1-2H3. The van der Waals surface area contributed by atoms with Crippen LogP contribution in [0.25, 0.3) is 0 Å². The number of anilines is 2. The van der Waals surface area contributed by atoms with E-state index in [2.05, 4.69) is 77.4 Å². The first-order valence-corrected chi connectivity index (χ1v) is 10.1. The van der Waals surface area contributed by atoms with Crippen LogP contribution < -0.4 is 4.90 Å². The van der Waals surface area contributed by atoms with Crippen molar-refractivity contribution in [2.24, 2.45) is 0 Å². The number of rotatable bonds is 10. The van der Waals surface area contributed by atoms with Gasteiger partial charge in [-0.05, 0) is 61.1 Å². The fraction of sp³-hybridized carbons (Fsp3) is 0.391. The molecule has 0 fully saturated rings. The number of unbranched alkanes of at least 4 members (excludes halogenated alkanes) is 2. The number of aryl methyl sites for hydroxylation is 2. The van der Waals surface area contributed by atoms with E-state index in [1.807, 2.05) is 4.68 Å². The molecule has 0 amide bonds. The Kier molecular flexibility index (Phi) is 7.03. The molecule has 0 saturated carbocycles. The van der Waals surface area contributed by atoms with Crippen LogP contribution in [0.2, 0.25) is 0 Å². The molecule has 1 heterocycles. The molecule has 142 valence electrons. The number of hydrogen-bond acceptors (Lipinski definition) is 3. The number of nitrogens with zero attached hydrogens (tertiary/aromatic N) is 4. The zero-order valence-electron chi connectivity index (χ0n) is 16.5. The monoisotopic (exact) mass is 362 g/mol. The molecule has 0 N–H and O–H groups in total. The Morgan fingerprint density at radius 1 is 0.778 bits per heavy atom. The highest BCUT2D eigenvalue weighted by Crippen LogP contribution is 2.27. The van der Waals surface area contributed by atoms with E-state index in [1.165, 1.54) is 48.2 Å². The van der Waals surface area contributed by atoms with Gasteiger partial charge in [-0.1, -0.05) is 51.0 Å². The lowest BCUT2D eigenvalue weighted by molar-refractivity contribution is 0.621. The molecule has 4 nitrogen and oxygen atoms in total. The van der Waals surface area contributed by atoms with Gasteiger partial charge in [0.15, 0.2) is 0 Å². The first-order chi connectivity index (χ1) is 13.3. The van der Waals surface area contributed by atoms with Gasteiger partial charge in [0.05, 0.1) is 0 Å². The van der Waals surface area contributed by atoms with Crippen LogP contribution in [-0.2, 0) is 19.5 Å². The lowest BCUT2D eigenvalue weighted by Gasteiger charge is -2.25. The molecule has 0 aliphatic heterocycles. The van der Waals surface area contributed by atoms with Crippen molar-refractivity contribution in [1.29, 1.82) is 0 Å². The molecule has 0 aliphatic rings. The second kappa shape index (κ2) is 9.91. The summed E-state index contributed by atoms with van der Waals surface area (Å²) in [4.78, 5) is 6.36. The van der Waals surface area contributed by atoms with E-state index >= 15 is 0 Å². The quantitative estimate of drug-likeness (QED) is 0.460. The summed E-state index contributed by atoms with van der Waals surface area (Å²) in [6.45, 7) is 5.11. The zero-order valence-corrected chi connectivity index (χ0v) is 16.5. The van der Waals surface area contributed by atoms with E-state index in [0.717, 1.165) is 12.8 Å². The Hall–Kier alpha value is -2.62. The lowest BCUT2D eigenvalue weighted by Crippen LogP contribution is -2.21. The number of hydrogen-bond donors (Lipinski definition) is 0. The van der Waals surface area contributed by atoms with Gasteiger partial charge in [-0.25, -0.2) is 9.67 Å². The smallest absolute Gasteiger partial charge is 0.137 e. The third-order valence-corrected chi connectivity index (χ3v) is 4.89. The molecular formula is C23H30N4. The van der Waals surface area contributed by atoms with Crippen LogP contribution in [0.5, 0.6) is 0 Å². The maximum atomic E-state index is 4.29. The molecule has 3 aromatic rings. The van der Waals surface area contributed by atoms with E-state index in [4.69, 9.17) is 0 Å². The van der Waals surface area contributed by atoms with E-state index in [0.29, 0.717) is 6.67 Å². The summed E-state index contributed by atoms with van der Waals surface area (Å²) < 4.78 is 1.86. The highest BCUT2D eigenvalue weighted by molar-refractivity contribution is 5.63. The molecule has 1 aromatic heterocycles. The molecule has 2 aromatic carbocycles. The molecular weight excluding hydrogens is 332 g/mol. The molecule has 0 radical (unpaired) electrons. The Balaban J connectivity index is 1.82. The van der Waals surface area contributed by atoms with Gasteiger partial charge in [0.25, 0.3) is 0 Å². The van der Waals surface area contributed by atoms with Crippen molar-refractivity contribution in [2.45, 2.75) is 59.0 Å². The highest BCUT2D eigenvalue weighted by atomic mass is 15.4. The minimum atomic E-state index is 0.641. The molecule has 0 unspecified atom stereocenters. The molecule has 0 spiro atoms. The summed E-state index contributed by atoms with van der Waals surface area (Å²) in [6, 6.07) is 17.8. The number of aromatic nitrogens is 3. The van der Waals surface area contributed by atoms with Crippen LogP contribution in [0.4, 0.5) is 11.4 Å². The Labute approximate surface area is 162 Å². The second-order valence-corrected chi connectivity index (χ2v) is 7.04. The number of benzene rings is 2. The van der Waals surface area contributed by atoms with E-state index in [9.17, 15) is 0 Å². The molecule has 0 saturated heterocycles. The van der Waals surface area contributed by atoms with Gasteiger partial charge in [-0.15, -0.1) is 0 Å². The van der Waals surface area contributed by atoms with Crippen molar-refractivity contribution in [3.8, 4) is 0 Å². The van der Waals surface area contributed by atoms with Gasteiger partial charge in [0.1, 0.15) is 19.3 Å². The Bertz CT molecular complexity index is 725. The van der Waals surface area contributed by atoms with Gasteiger partial charge in [0, 0.05) is 11.4 Å². The van der Waals surface area contributed by atoms with Gasteiger partial charge in [-0.3, -0.25) is 0 Å². The normalized spacial score (nSPS) is 10.9. The minimum absolute atomic E-state index is 0.641. The van der Waals surface area contributed by atoms with Crippen molar-refractivity contribution >= 4 is 11.4 Å². The summed E-state index contributed by atoms with van der Waals surface area (Å²) in [6.07, 6.45) is 10.6. The molecule has 4 heteroatoms. The molecule has 0 atom stereocenters. The van der Waals surface area contributed by atoms with E-state index in [1.54, 1.807) is 12.7 Å². The lowest BCUT2D eigenvalue weighted by atomic mass is 10.1. The fourth-order valence-electron chi connectivity index (χ4n) is 3.21.